The molecule has 0 aliphatic rings. The predicted molar refractivity (Wildman–Crippen MR) is 45.1 cm³/mol. The highest BCUT2D eigenvalue weighted by Gasteiger charge is 2.02. The molecule has 0 atom stereocenters. The van der Waals surface area contributed by atoms with Crippen LogP contribution in [0.15, 0.2) is 12.1 Å². The summed E-state index contributed by atoms with van der Waals surface area (Å²) in [6.07, 6.45) is 0. The standard InChI is InChI=1S/C8H11FN2/c1-5-3-8(11-2)6(9)4-7(5)10/h3-4,11H,10H2,1-2H3. The second-order valence-corrected chi connectivity index (χ2v) is 2.44. The Kier molecular flexibility index (Phi) is 1.98. The van der Waals surface area contributed by atoms with Crippen molar-refractivity contribution in [1.82, 2.24) is 0 Å². The first-order valence-electron chi connectivity index (χ1n) is 3.38. The van der Waals surface area contributed by atoms with Crippen molar-refractivity contribution >= 4 is 11.4 Å². The van der Waals surface area contributed by atoms with Crippen LogP contribution in [0.1, 0.15) is 5.56 Å². The van der Waals surface area contributed by atoms with Gasteiger partial charge in [-0.3, -0.25) is 0 Å². The molecule has 60 valence electrons. The van der Waals surface area contributed by atoms with Crippen molar-refractivity contribution in [2.24, 2.45) is 0 Å². The maximum atomic E-state index is 12.9. The summed E-state index contributed by atoms with van der Waals surface area (Å²) in [5, 5.41) is 2.73. The monoisotopic (exact) mass is 154 g/mol. The maximum absolute atomic E-state index is 12.9. The van der Waals surface area contributed by atoms with E-state index in [1.54, 1.807) is 13.1 Å². The molecule has 0 fully saturated rings. The van der Waals surface area contributed by atoms with E-state index in [-0.39, 0.29) is 5.82 Å². The van der Waals surface area contributed by atoms with Crippen LogP contribution in [0.3, 0.4) is 0 Å². The first-order chi connectivity index (χ1) is 5.15. The summed E-state index contributed by atoms with van der Waals surface area (Å²) in [7, 11) is 1.67. The highest BCUT2D eigenvalue weighted by atomic mass is 19.1. The largest absolute Gasteiger partial charge is 0.398 e. The van der Waals surface area contributed by atoms with Crippen molar-refractivity contribution in [3.8, 4) is 0 Å². The fourth-order valence-corrected chi connectivity index (χ4v) is 0.888. The molecule has 0 spiro atoms. The van der Waals surface area contributed by atoms with E-state index < -0.39 is 0 Å². The highest BCUT2D eigenvalue weighted by molar-refractivity contribution is 5.57. The van der Waals surface area contributed by atoms with Gasteiger partial charge < -0.3 is 11.1 Å². The third-order valence-corrected chi connectivity index (χ3v) is 1.63. The van der Waals surface area contributed by atoms with Crippen LogP contribution in [0.2, 0.25) is 0 Å². The minimum atomic E-state index is -0.310. The Labute approximate surface area is 65.2 Å². The summed E-state index contributed by atoms with van der Waals surface area (Å²) < 4.78 is 12.9. The number of anilines is 2. The maximum Gasteiger partial charge on any atom is 0.148 e. The number of halogens is 1. The van der Waals surface area contributed by atoms with E-state index in [1.165, 1.54) is 6.07 Å². The van der Waals surface area contributed by atoms with E-state index in [0.29, 0.717) is 11.4 Å². The van der Waals surface area contributed by atoms with Crippen molar-refractivity contribution in [2.75, 3.05) is 18.1 Å². The zero-order valence-electron chi connectivity index (χ0n) is 6.61. The van der Waals surface area contributed by atoms with Gasteiger partial charge in [-0.15, -0.1) is 0 Å². The number of hydrogen-bond acceptors (Lipinski definition) is 2. The van der Waals surface area contributed by atoms with Crippen LogP contribution in [0.25, 0.3) is 0 Å². The molecule has 0 amide bonds. The number of hydrogen-bond donors (Lipinski definition) is 2. The lowest BCUT2D eigenvalue weighted by Gasteiger charge is -2.05. The van der Waals surface area contributed by atoms with Crippen molar-refractivity contribution in [2.45, 2.75) is 6.92 Å². The molecule has 1 aromatic rings. The molecular formula is C8H11FN2. The van der Waals surface area contributed by atoms with E-state index in [1.807, 2.05) is 6.92 Å². The van der Waals surface area contributed by atoms with Gasteiger partial charge in [0.2, 0.25) is 0 Å². The van der Waals surface area contributed by atoms with E-state index in [0.717, 1.165) is 5.56 Å². The molecular weight excluding hydrogens is 143 g/mol. The number of benzene rings is 1. The molecule has 3 heteroatoms. The second-order valence-electron chi connectivity index (χ2n) is 2.44. The first-order valence-corrected chi connectivity index (χ1v) is 3.38. The molecule has 0 aromatic heterocycles. The molecule has 11 heavy (non-hydrogen) atoms. The fourth-order valence-electron chi connectivity index (χ4n) is 0.888. The Bertz CT molecular complexity index is 271. The van der Waals surface area contributed by atoms with Gasteiger partial charge in [0, 0.05) is 12.7 Å². The van der Waals surface area contributed by atoms with E-state index in [9.17, 15) is 4.39 Å². The zero-order chi connectivity index (χ0) is 8.43. The smallest absolute Gasteiger partial charge is 0.148 e. The number of aryl methyl sites for hydroxylation is 1. The van der Waals surface area contributed by atoms with Crippen molar-refractivity contribution in [3.63, 3.8) is 0 Å². The fraction of sp³-hybridized carbons (Fsp3) is 0.250. The summed E-state index contributed by atoms with van der Waals surface area (Å²) in [5.74, 6) is -0.310. The molecule has 0 aliphatic heterocycles. The van der Waals surface area contributed by atoms with Crippen LogP contribution in [-0.4, -0.2) is 7.05 Å². The van der Waals surface area contributed by atoms with Crippen molar-refractivity contribution < 1.29 is 4.39 Å². The van der Waals surface area contributed by atoms with Crippen LogP contribution in [0.4, 0.5) is 15.8 Å². The second kappa shape index (κ2) is 2.78. The summed E-state index contributed by atoms with van der Waals surface area (Å²) in [5.41, 5.74) is 7.33. The summed E-state index contributed by atoms with van der Waals surface area (Å²) in [4.78, 5) is 0. The Morgan fingerprint density at radius 2 is 2.09 bits per heavy atom. The number of nitrogens with two attached hydrogens (primary N) is 1. The predicted octanol–water partition coefficient (Wildman–Crippen LogP) is 1.76. The van der Waals surface area contributed by atoms with Gasteiger partial charge in [0.1, 0.15) is 5.82 Å². The minimum Gasteiger partial charge on any atom is -0.398 e. The number of nitrogen functional groups attached to an aromatic ring is 1. The van der Waals surface area contributed by atoms with E-state index in [2.05, 4.69) is 5.32 Å². The molecule has 0 bridgehead atoms. The van der Waals surface area contributed by atoms with Gasteiger partial charge in [-0.25, -0.2) is 4.39 Å². The van der Waals surface area contributed by atoms with Crippen LogP contribution < -0.4 is 11.1 Å². The third-order valence-electron chi connectivity index (χ3n) is 1.63. The lowest BCUT2D eigenvalue weighted by Crippen LogP contribution is -1.96. The van der Waals surface area contributed by atoms with Crippen LogP contribution in [-0.2, 0) is 0 Å². The lowest BCUT2D eigenvalue weighted by atomic mass is 10.2. The van der Waals surface area contributed by atoms with Crippen LogP contribution in [0.5, 0.6) is 0 Å². The molecule has 0 aliphatic carbocycles. The summed E-state index contributed by atoms with van der Waals surface area (Å²) >= 11 is 0. The molecule has 0 saturated carbocycles. The highest BCUT2D eigenvalue weighted by Crippen LogP contribution is 2.20. The average Bonchev–Trinajstić information content (AvgIpc) is 1.97. The normalized spacial score (nSPS) is 9.73. The Hall–Kier alpha value is -1.25. The van der Waals surface area contributed by atoms with Crippen LogP contribution in [0, 0.1) is 12.7 Å². The summed E-state index contributed by atoms with van der Waals surface area (Å²) in [6, 6.07) is 3.01. The molecule has 3 N–H and O–H groups in total. The third kappa shape index (κ3) is 1.42. The van der Waals surface area contributed by atoms with Crippen molar-refractivity contribution in [1.29, 1.82) is 0 Å². The Balaban J connectivity index is 3.21. The molecule has 1 rings (SSSR count). The average molecular weight is 154 g/mol. The lowest BCUT2D eigenvalue weighted by molar-refractivity contribution is 0.631. The molecule has 0 saturated heterocycles. The molecule has 0 heterocycles. The van der Waals surface area contributed by atoms with Gasteiger partial charge in [-0.1, -0.05) is 0 Å². The molecule has 2 nitrogen and oxygen atoms in total. The minimum absolute atomic E-state index is 0.310. The number of rotatable bonds is 1. The van der Waals surface area contributed by atoms with Gasteiger partial charge in [-0.05, 0) is 24.6 Å². The Morgan fingerprint density at radius 3 is 2.64 bits per heavy atom. The van der Waals surface area contributed by atoms with Crippen LogP contribution >= 0.6 is 0 Å². The molecule has 0 unspecified atom stereocenters. The SMILES string of the molecule is CNc1cc(C)c(N)cc1F. The topological polar surface area (TPSA) is 38.0 Å². The van der Waals surface area contributed by atoms with Gasteiger partial charge in [0.25, 0.3) is 0 Å². The first kappa shape index (κ1) is 7.85. The van der Waals surface area contributed by atoms with Gasteiger partial charge in [0.15, 0.2) is 0 Å². The van der Waals surface area contributed by atoms with E-state index >= 15 is 0 Å². The molecule has 1 aromatic carbocycles. The zero-order valence-corrected chi connectivity index (χ0v) is 6.61. The Morgan fingerprint density at radius 1 is 1.45 bits per heavy atom. The summed E-state index contributed by atoms with van der Waals surface area (Å²) in [6.45, 7) is 1.84. The molecule has 0 radical (unpaired) electrons. The van der Waals surface area contributed by atoms with Crippen molar-refractivity contribution in [3.05, 3.63) is 23.5 Å². The van der Waals surface area contributed by atoms with Gasteiger partial charge in [0.05, 0.1) is 5.69 Å². The van der Waals surface area contributed by atoms with E-state index in [4.69, 9.17) is 5.73 Å². The van der Waals surface area contributed by atoms with Gasteiger partial charge in [-0.2, -0.15) is 0 Å². The van der Waals surface area contributed by atoms with Gasteiger partial charge >= 0.3 is 0 Å². The quantitative estimate of drug-likeness (QED) is 0.605. The number of nitrogens with one attached hydrogen (secondary N) is 1.